The summed E-state index contributed by atoms with van der Waals surface area (Å²) in [6.45, 7) is 4.69. The van der Waals surface area contributed by atoms with Crippen LogP contribution in [0, 0.1) is 35.5 Å². The molecule has 2 fully saturated rings. The molecule has 0 aromatic carbocycles. The molecule has 0 heteroatoms. The highest BCUT2D eigenvalue weighted by Crippen LogP contribution is 2.45. The largest absolute Gasteiger partial charge is 0.0851 e. The van der Waals surface area contributed by atoms with Gasteiger partial charge in [0, 0.05) is 0 Å². The molecule has 0 heterocycles. The van der Waals surface area contributed by atoms with Crippen molar-refractivity contribution in [2.75, 3.05) is 0 Å². The molecule has 3 aliphatic rings. The van der Waals surface area contributed by atoms with Gasteiger partial charge in [0.2, 0.25) is 0 Å². The fraction of sp³-hybridized carbons (Fsp3) is 0.917. The van der Waals surface area contributed by atoms with E-state index in [0.717, 1.165) is 35.5 Å². The first-order valence-electron chi connectivity index (χ1n) is 11.5. The molecule has 2 atom stereocenters. The standard InChI is InChI=1S/C24H42/c1-3-5-19-7-11-21(12-8-19)23-15-17-24(18-16-23)22-13-9-20(6-4-2)10-14-22/h7,11,19-24H,3-6,8-10,12-18H2,1-2H3. The predicted molar refractivity (Wildman–Crippen MR) is 106 cm³/mol. The van der Waals surface area contributed by atoms with Crippen molar-refractivity contribution in [3.05, 3.63) is 12.2 Å². The van der Waals surface area contributed by atoms with Crippen molar-refractivity contribution in [3.8, 4) is 0 Å². The molecule has 2 unspecified atom stereocenters. The van der Waals surface area contributed by atoms with Gasteiger partial charge >= 0.3 is 0 Å². The van der Waals surface area contributed by atoms with Gasteiger partial charge in [0.25, 0.3) is 0 Å². The van der Waals surface area contributed by atoms with Crippen molar-refractivity contribution in [2.24, 2.45) is 35.5 Å². The molecule has 138 valence electrons. The fourth-order valence-electron chi connectivity index (χ4n) is 6.30. The van der Waals surface area contributed by atoms with E-state index in [9.17, 15) is 0 Å². The molecule has 24 heavy (non-hydrogen) atoms. The van der Waals surface area contributed by atoms with Crippen LogP contribution in [0.3, 0.4) is 0 Å². The van der Waals surface area contributed by atoms with E-state index in [1.165, 1.54) is 51.4 Å². The maximum absolute atomic E-state index is 2.63. The molecule has 0 aliphatic heterocycles. The zero-order valence-corrected chi connectivity index (χ0v) is 16.5. The average Bonchev–Trinajstić information content (AvgIpc) is 2.64. The number of hydrogen-bond donors (Lipinski definition) is 0. The number of allylic oxidation sites excluding steroid dienone is 2. The van der Waals surface area contributed by atoms with Gasteiger partial charge in [-0.3, -0.25) is 0 Å². The molecule has 0 aromatic rings. The van der Waals surface area contributed by atoms with Crippen molar-refractivity contribution in [3.63, 3.8) is 0 Å². The lowest BCUT2D eigenvalue weighted by molar-refractivity contribution is 0.127. The minimum atomic E-state index is 0.904. The van der Waals surface area contributed by atoms with Gasteiger partial charge in [-0.1, -0.05) is 58.1 Å². The van der Waals surface area contributed by atoms with Crippen molar-refractivity contribution >= 4 is 0 Å². The molecule has 0 radical (unpaired) electrons. The van der Waals surface area contributed by atoms with E-state index < -0.39 is 0 Å². The van der Waals surface area contributed by atoms with E-state index in [0.29, 0.717) is 0 Å². The first-order valence-corrected chi connectivity index (χ1v) is 11.5. The van der Waals surface area contributed by atoms with Gasteiger partial charge < -0.3 is 0 Å². The monoisotopic (exact) mass is 330 g/mol. The third-order valence-electron chi connectivity index (χ3n) is 7.84. The molecular formula is C24H42. The molecule has 0 saturated heterocycles. The highest BCUT2D eigenvalue weighted by Gasteiger charge is 2.33. The van der Waals surface area contributed by atoms with Crippen molar-refractivity contribution < 1.29 is 0 Å². The van der Waals surface area contributed by atoms with Gasteiger partial charge in [-0.15, -0.1) is 0 Å². The van der Waals surface area contributed by atoms with Crippen LogP contribution in [0.5, 0.6) is 0 Å². The van der Waals surface area contributed by atoms with Crippen LogP contribution in [0.4, 0.5) is 0 Å². The van der Waals surface area contributed by atoms with Crippen LogP contribution in [0.1, 0.15) is 104 Å². The third-order valence-corrected chi connectivity index (χ3v) is 7.84. The summed E-state index contributed by atoms with van der Waals surface area (Å²) in [7, 11) is 0. The fourth-order valence-corrected chi connectivity index (χ4v) is 6.30. The van der Waals surface area contributed by atoms with Crippen molar-refractivity contribution in [2.45, 2.75) is 104 Å². The van der Waals surface area contributed by atoms with E-state index in [4.69, 9.17) is 0 Å². The van der Waals surface area contributed by atoms with E-state index in [-0.39, 0.29) is 0 Å². The van der Waals surface area contributed by atoms with Gasteiger partial charge in [-0.25, -0.2) is 0 Å². The average molecular weight is 331 g/mol. The summed E-state index contributed by atoms with van der Waals surface area (Å²) in [6.07, 6.45) is 26.2. The Hall–Kier alpha value is -0.260. The van der Waals surface area contributed by atoms with Gasteiger partial charge in [-0.05, 0) is 93.3 Å². The smallest absolute Gasteiger partial charge is 0.0205 e. The summed E-state index contributed by atoms with van der Waals surface area (Å²) in [5.74, 6) is 6.11. The maximum Gasteiger partial charge on any atom is -0.0205 e. The summed E-state index contributed by atoms with van der Waals surface area (Å²) in [5.41, 5.74) is 0. The second kappa shape index (κ2) is 9.44. The zero-order chi connectivity index (χ0) is 16.8. The third kappa shape index (κ3) is 4.89. The molecule has 0 spiro atoms. The Morgan fingerprint density at radius 3 is 1.71 bits per heavy atom. The van der Waals surface area contributed by atoms with E-state index in [1.54, 1.807) is 38.5 Å². The molecule has 0 N–H and O–H groups in total. The Kier molecular flexibility index (Phi) is 7.29. The Balaban J connectivity index is 1.39. The van der Waals surface area contributed by atoms with Crippen molar-refractivity contribution in [1.29, 1.82) is 0 Å². The topological polar surface area (TPSA) is 0 Å². The van der Waals surface area contributed by atoms with Crippen molar-refractivity contribution in [1.82, 2.24) is 0 Å². The molecule has 0 amide bonds. The SMILES string of the molecule is CCCC1C=CC(C2CCC(C3CCC(CCC)CC3)CC2)CC1. The Morgan fingerprint density at radius 1 is 0.583 bits per heavy atom. The van der Waals surface area contributed by atoms with Crippen LogP contribution in [0.15, 0.2) is 12.2 Å². The Labute approximate surface area is 151 Å². The molecule has 0 nitrogen and oxygen atoms in total. The van der Waals surface area contributed by atoms with E-state index in [2.05, 4.69) is 26.0 Å². The van der Waals surface area contributed by atoms with Gasteiger partial charge in [0.05, 0.1) is 0 Å². The normalized spacial score (nSPS) is 40.6. The molecule has 0 aromatic heterocycles. The lowest BCUT2D eigenvalue weighted by atomic mass is 9.66. The van der Waals surface area contributed by atoms with Gasteiger partial charge in [0.1, 0.15) is 0 Å². The Morgan fingerprint density at radius 2 is 1.17 bits per heavy atom. The van der Waals surface area contributed by atoms with Crippen LogP contribution < -0.4 is 0 Å². The van der Waals surface area contributed by atoms with Gasteiger partial charge in [-0.2, -0.15) is 0 Å². The predicted octanol–water partition coefficient (Wildman–Crippen LogP) is 7.78. The van der Waals surface area contributed by atoms with Crippen LogP contribution in [0.25, 0.3) is 0 Å². The maximum atomic E-state index is 2.63. The first kappa shape index (κ1) is 18.5. The zero-order valence-electron chi connectivity index (χ0n) is 16.5. The van der Waals surface area contributed by atoms with E-state index >= 15 is 0 Å². The summed E-state index contributed by atoms with van der Waals surface area (Å²) >= 11 is 0. The second-order valence-electron chi connectivity index (χ2n) is 9.42. The molecule has 3 rings (SSSR count). The van der Waals surface area contributed by atoms with Gasteiger partial charge in [0.15, 0.2) is 0 Å². The lowest BCUT2D eigenvalue weighted by Crippen LogP contribution is -2.28. The minimum Gasteiger partial charge on any atom is -0.0851 e. The van der Waals surface area contributed by atoms with Crippen LogP contribution in [0.2, 0.25) is 0 Å². The Bertz CT molecular complexity index is 365. The summed E-state index contributed by atoms with van der Waals surface area (Å²) < 4.78 is 0. The van der Waals surface area contributed by atoms with Crippen LogP contribution in [-0.2, 0) is 0 Å². The van der Waals surface area contributed by atoms with Crippen LogP contribution >= 0.6 is 0 Å². The highest BCUT2D eigenvalue weighted by atomic mass is 14.4. The van der Waals surface area contributed by atoms with E-state index in [1.807, 2.05) is 0 Å². The molecule has 0 bridgehead atoms. The number of rotatable bonds is 6. The molecule has 2 saturated carbocycles. The number of hydrogen-bond acceptors (Lipinski definition) is 0. The summed E-state index contributed by atoms with van der Waals surface area (Å²) in [5, 5.41) is 0. The first-order chi connectivity index (χ1) is 11.8. The van der Waals surface area contributed by atoms with Crippen LogP contribution in [-0.4, -0.2) is 0 Å². The summed E-state index contributed by atoms with van der Waals surface area (Å²) in [4.78, 5) is 0. The molecule has 3 aliphatic carbocycles. The molecular weight excluding hydrogens is 288 g/mol. The second-order valence-corrected chi connectivity index (χ2v) is 9.42. The summed E-state index contributed by atoms with van der Waals surface area (Å²) in [6, 6.07) is 0. The quantitative estimate of drug-likeness (QED) is 0.436. The lowest BCUT2D eigenvalue weighted by Gasteiger charge is -2.40. The highest BCUT2D eigenvalue weighted by molar-refractivity contribution is 5.00. The minimum absolute atomic E-state index is 0.904.